The molecule has 2 aromatic carbocycles. The number of carboxylic acid groups (broad SMARTS) is 2. The number of carboxylic acids is 2. The standard InChI is InChI=1S/C14H10O5.Rb/c15-13(16)9-1-5-11(6-2-9)19-12-7-3-10(4-8-12)14(17)18;/h1-8H,(H,15,16)(H,17,18);. The fraction of sp³-hybridized carbons (Fsp3) is 0. The van der Waals surface area contributed by atoms with Crippen molar-refractivity contribution in [2.24, 2.45) is 0 Å². The van der Waals surface area contributed by atoms with Crippen molar-refractivity contribution in [2.45, 2.75) is 0 Å². The van der Waals surface area contributed by atoms with Crippen LogP contribution in [0.25, 0.3) is 0 Å². The average molecular weight is 344 g/mol. The van der Waals surface area contributed by atoms with Gasteiger partial charge in [-0.1, -0.05) is 0 Å². The van der Waals surface area contributed by atoms with Crippen LogP contribution >= 0.6 is 0 Å². The number of hydrogen-bond acceptors (Lipinski definition) is 3. The minimum atomic E-state index is -1.00. The molecule has 2 aromatic rings. The van der Waals surface area contributed by atoms with Gasteiger partial charge in [-0.25, -0.2) is 9.59 Å². The molecule has 0 amide bonds. The molecule has 0 fully saturated rings. The molecule has 0 unspecified atom stereocenters. The van der Waals surface area contributed by atoms with Crippen molar-refractivity contribution in [3.63, 3.8) is 0 Å². The number of hydrogen-bond donors (Lipinski definition) is 2. The summed E-state index contributed by atoms with van der Waals surface area (Å²) in [6, 6.07) is 11.9. The van der Waals surface area contributed by atoms with Crippen molar-refractivity contribution in [1.29, 1.82) is 0 Å². The second kappa shape index (κ2) is 7.68. The molecule has 0 atom stereocenters. The summed E-state index contributed by atoms with van der Waals surface area (Å²) in [7, 11) is 0. The maximum absolute atomic E-state index is 10.7. The molecule has 0 aliphatic carbocycles. The Morgan fingerprint density at radius 1 is 0.700 bits per heavy atom. The zero-order valence-electron chi connectivity index (χ0n) is 10.7. The number of benzene rings is 2. The summed E-state index contributed by atoms with van der Waals surface area (Å²) in [4.78, 5) is 21.4. The zero-order valence-corrected chi connectivity index (χ0v) is 15.7. The van der Waals surface area contributed by atoms with Crippen LogP contribution < -0.4 is 4.74 Å². The van der Waals surface area contributed by atoms with Gasteiger partial charge >= 0.3 is 11.9 Å². The first-order valence-electron chi connectivity index (χ1n) is 5.41. The molecule has 0 heterocycles. The molecule has 0 saturated carbocycles. The fourth-order valence-corrected chi connectivity index (χ4v) is 1.47. The molecule has 0 spiro atoms. The normalized spacial score (nSPS) is 9.40. The van der Waals surface area contributed by atoms with E-state index in [0.29, 0.717) is 11.5 Å². The summed E-state index contributed by atoms with van der Waals surface area (Å²) in [5.74, 6) is -1.05. The van der Waals surface area contributed by atoms with Crippen LogP contribution in [0.15, 0.2) is 48.5 Å². The van der Waals surface area contributed by atoms with E-state index in [2.05, 4.69) is 0 Å². The minimum Gasteiger partial charge on any atom is -0.478 e. The second-order valence-electron chi connectivity index (χ2n) is 3.76. The third-order valence-electron chi connectivity index (χ3n) is 2.44. The van der Waals surface area contributed by atoms with Gasteiger partial charge in [0.1, 0.15) is 11.5 Å². The number of aromatic carboxylic acids is 2. The van der Waals surface area contributed by atoms with E-state index in [-0.39, 0.29) is 69.3 Å². The maximum atomic E-state index is 10.7. The smallest absolute Gasteiger partial charge is 0.335 e. The Morgan fingerprint density at radius 3 is 1.25 bits per heavy atom. The minimum absolute atomic E-state index is 0. The van der Waals surface area contributed by atoms with Gasteiger partial charge in [-0.05, 0) is 48.5 Å². The van der Waals surface area contributed by atoms with Crippen molar-refractivity contribution in [2.75, 3.05) is 0 Å². The van der Waals surface area contributed by atoms with Crippen LogP contribution in [0, 0.1) is 0 Å². The van der Waals surface area contributed by atoms with E-state index in [1.807, 2.05) is 0 Å². The molecular weight excluding hydrogens is 334 g/mol. The predicted molar refractivity (Wildman–Crippen MR) is 72.6 cm³/mol. The van der Waals surface area contributed by atoms with Gasteiger partial charge in [0.2, 0.25) is 0 Å². The Labute approximate surface area is 164 Å². The van der Waals surface area contributed by atoms with Crippen molar-refractivity contribution in [3.05, 3.63) is 59.7 Å². The van der Waals surface area contributed by atoms with Gasteiger partial charge in [-0.15, -0.1) is 0 Å². The Balaban J connectivity index is 0.00000200. The van der Waals surface area contributed by atoms with E-state index >= 15 is 0 Å². The van der Waals surface area contributed by atoms with E-state index in [4.69, 9.17) is 14.9 Å². The molecule has 0 aliphatic rings. The van der Waals surface area contributed by atoms with Crippen LogP contribution in [0.3, 0.4) is 0 Å². The molecule has 2 N–H and O–H groups in total. The molecule has 20 heavy (non-hydrogen) atoms. The first kappa shape index (κ1) is 17.0. The van der Waals surface area contributed by atoms with E-state index in [0.717, 1.165) is 0 Å². The molecular formula is C14H10O5Rb. The van der Waals surface area contributed by atoms with E-state index < -0.39 is 11.9 Å². The first-order valence-corrected chi connectivity index (χ1v) is 5.41. The van der Waals surface area contributed by atoms with Crippen LogP contribution in [0.1, 0.15) is 20.7 Å². The molecule has 0 saturated heterocycles. The summed E-state index contributed by atoms with van der Waals surface area (Å²) < 4.78 is 5.46. The van der Waals surface area contributed by atoms with Crippen LogP contribution in [-0.4, -0.2) is 80.3 Å². The van der Waals surface area contributed by atoms with Crippen LogP contribution in [-0.2, 0) is 0 Å². The number of carbonyl (C=O) groups is 2. The zero-order chi connectivity index (χ0) is 13.8. The van der Waals surface area contributed by atoms with Crippen LogP contribution in [0.2, 0.25) is 0 Å². The van der Waals surface area contributed by atoms with Gasteiger partial charge in [-0.2, -0.15) is 0 Å². The first-order chi connectivity index (χ1) is 9.06. The average Bonchev–Trinajstić information content (AvgIpc) is 2.40. The van der Waals surface area contributed by atoms with Gasteiger partial charge in [-0.3, -0.25) is 0 Å². The van der Waals surface area contributed by atoms with E-state index in [1.165, 1.54) is 48.5 Å². The van der Waals surface area contributed by atoms with Gasteiger partial charge in [0.15, 0.2) is 0 Å². The molecule has 2 rings (SSSR count). The summed E-state index contributed by atoms with van der Waals surface area (Å²) in [6.07, 6.45) is 0. The van der Waals surface area contributed by atoms with Gasteiger partial charge in [0.25, 0.3) is 0 Å². The largest absolute Gasteiger partial charge is 0.478 e. The third kappa shape index (κ3) is 4.52. The van der Waals surface area contributed by atoms with Crippen molar-refractivity contribution in [1.82, 2.24) is 0 Å². The Hall–Kier alpha value is -1.01. The molecule has 6 heteroatoms. The SMILES string of the molecule is O=C(O)c1ccc(Oc2ccc(C(=O)O)cc2)cc1.[Rb]. The third-order valence-corrected chi connectivity index (χ3v) is 2.44. The van der Waals surface area contributed by atoms with Gasteiger partial charge in [0, 0.05) is 58.2 Å². The van der Waals surface area contributed by atoms with Crippen molar-refractivity contribution in [3.8, 4) is 11.5 Å². The Bertz CT molecular complexity index is 549. The summed E-state index contributed by atoms with van der Waals surface area (Å²) >= 11 is 0. The molecule has 5 nitrogen and oxygen atoms in total. The van der Waals surface area contributed by atoms with Crippen LogP contribution in [0.4, 0.5) is 0 Å². The van der Waals surface area contributed by atoms with Gasteiger partial charge in [0.05, 0.1) is 11.1 Å². The second-order valence-corrected chi connectivity index (χ2v) is 3.76. The summed E-state index contributed by atoms with van der Waals surface area (Å²) in [5.41, 5.74) is 0.349. The van der Waals surface area contributed by atoms with E-state index in [1.54, 1.807) is 0 Å². The predicted octanol–water partition coefficient (Wildman–Crippen LogP) is 2.49. The summed E-state index contributed by atoms with van der Waals surface area (Å²) in [6.45, 7) is 0. The maximum Gasteiger partial charge on any atom is 0.335 e. The van der Waals surface area contributed by atoms with Crippen LogP contribution in [0.5, 0.6) is 11.5 Å². The molecule has 97 valence electrons. The molecule has 1 radical (unpaired) electrons. The molecule has 0 aromatic heterocycles. The number of ether oxygens (including phenoxy) is 1. The Morgan fingerprint density at radius 2 is 1.00 bits per heavy atom. The molecule has 0 aliphatic heterocycles. The summed E-state index contributed by atoms with van der Waals surface area (Å²) in [5, 5.41) is 17.5. The van der Waals surface area contributed by atoms with Crippen molar-refractivity contribution < 1.29 is 24.5 Å². The quantitative estimate of drug-likeness (QED) is 0.891. The fourth-order valence-electron chi connectivity index (χ4n) is 1.47. The van der Waals surface area contributed by atoms with Crippen molar-refractivity contribution >= 4 is 70.1 Å². The monoisotopic (exact) mass is 343 g/mol. The number of rotatable bonds is 4. The molecule has 0 bridgehead atoms. The Kier molecular flexibility index (Phi) is 6.55. The topological polar surface area (TPSA) is 83.8 Å². The van der Waals surface area contributed by atoms with E-state index in [9.17, 15) is 9.59 Å². The van der Waals surface area contributed by atoms with Gasteiger partial charge < -0.3 is 14.9 Å².